The second-order valence-electron chi connectivity index (χ2n) is 6.98. The molecule has 0 bridgehead atoms. The van der Waals surface area contributed by atoms with E-state index in [4.69, 9.17) is 27.9 Å². The van der Waals surface area contributed by atoms with Gasteiger partial charge in [0.15, 0.2) is 0 Å². The first-order valence-electron chi connectivity index (χ1n) is 9.68. The van der Waals surface area contributed by atoms with Crippen LogP contribution in [0.5, 0.6) is 5.75 Å². The molecule has 168 valence electrons. The molecule has 0 aliphatic heterocycles. The number of para-hydroxylation sites is 1. The number of amides is 1. The monoisotopic (exact) mass is 492 g/mol. The molecule has 3 aromatic carbocycles. The molecule has 1 atom stereocenters. The Balaban J connectivity index is 1.90. The van der Waals surface area contributed by atoms with E-state index in [0.717, 1.165) is 9.87 Å². The van der Waals surface area contributed by atoms with Crippen LogP contribution < -0.4 is 14.4 Å². The number of hydrogen-bond donors (Lipinski definition) is 1. The highest BCUT2D eigenvalue weighted by Gasteiger charge is 2.28. The fourth-order valence-corrected chi connectivity index (χ4v) is 4.92. The average Bonchev–Trinajstić information content (AvgIpc) is 2.77. The SMILES string of the molecule is COc1ccccc1[C@@H](C)NC(=O)CN(c1cccc(Cl)c1)S(=O)(=O)c1ccc(Cl)cc1. The van der Waals surface area contributed by atoms with Crippen LogP contribution in [0, 0.1) is 0 Å². The minimum atomic E-state index is -4.07. The molecular weight excluding hydrogens is 471 g/mol. The van der Waals surface area contributed by atoms with Crippen LogP contribution in [0.4, 0.5) is 5.69 Å². The molecule has 6 nitrogen and oxygen atoms in total. The second kappa shape index (κ2) is 10.3. The van der Waals surface area contributed by atoms with Gasteiger partial charge < -0.3 is 10.1 Å². The van der Waals surface area contributed by atoms with E-state index in [1.807, 2.05) is 18.2 Å². The Hall–Kier alpha value is -2.74. The molecule has 0 spiro atoms. The maximum absolute atomic E-state index is 13.4. The van der Waals surface area contributed by atoms with Gasteiger partial charge in [0.25, 0.3) is 10.0 Å². The van der Waals surface area contributed by atoms with Gasteiger partial charge in [-0.3, -0.25) is 9.10 Å². The smallest absolute Gasteiger partial charge is 0.264 e. The lowest BCUT2D eigenvalue weighted by atomic mass is 10.1. The van der Waals surface area contributed by atoms with Crippen LogP contribution >= 0.6 is 23.2 Å². The number of benzene rings is 3. The number of nitrogens with one attached hydrogen (secondary N) is 1. The normalized spacial score (nSPS) is 12.1. The zero-order valence-corrected chi connectivity index (χ0v) is 19.8. The number of sulfonamides is 1. The highest BCUT2D eigenvalue weighted by atomic mass is 35.5. The number of rotatable bonds is 8. The molecular formula is C23H22Cl2N2O4S. The zero-order chi connectivity index (χ0) is 23.3. The quantitative estimate of drug-likeness (QED) is 0.475. The second-order valence-corrected chi connectivity index (χ2v) is 9.71. The summed E-state index contributed by atoms with van der Waals surface area (Å²) < 4.78 is 33.1. The third kappa shape index (κ3) is 5.54. The van der Waals surface area contributed by atoms with Crippen LogP contribution in [0.2, 0.25) is 10.0 Å². The highest BCUT2D eigenvalue weighted by Crippen LogP contribution is 2.28. The minimum Gasteiger partial charge on any atom is -0.496 e. The van der Waals surface area contributed by atoms with E-state index in [2.05, 4.69) is 5.32 Å². The molecule has 3 aromatic rings. The van der Waals surface area contributed by atoms with E-state index >= 15 is 0 Å². The molecule has 1 amide bonds. The Kier molecular flexibility index (Phi) is 7.66. The van der Waals surface area contributed by atoms with Crippen molar-refractivity contribution in [2.24, 2.45) is 0 Å². The molecule has 3 rings (SSSR count). The number of carbonyl (C=O) groups is 1. The van der Waals surface area contributed by atoms with Gasteiger partial charge in [-0.05, 0) is 55.5 Å². The summed E-state index contributed by atoms with van der Waals surface area (Å²) in [5.41, 5.74) is 1.05. The first-order chi connectivity index (χ1) is 15.2. The summed E-state index contributed by atoms with van der Waals surface area (Å²) in [7, 11) is -2.52. The predicted octanol–water partition coefficient (Wildman–Crippen LogP) is 5.07. The predicted molar refractivity (Wildman–Crippen MR) is 127 cm³/mol. The van der Waals surface area contributed by atoms with E-state index in [-0.39, 0.29) is 10.6 Å². The fourth-order valence-electron chi connectivity index (χ4n) is 3.20. The van der Waals surface area contributed by atoms with Crippen LogP contribution in [0.3, 0.4) is 0 Å². The summed E-state index contributed by atoms with van der Waals surface area (Å²) in [6, 6.07) is 19.0. The van der Waals surface area contributed by atoms with Crippen molar-refractivity contribution in [3.8, 4) is 5.75 Å². The van der Waals surface area contributed by atoms with Crippen LogP contribution in [0.25, 0.3) is 0 Å². The first-order valence-corrected chi connectivity index (χ1v) is 11.9. The van der Waals surface area contributed by atoms with Gasteiger partial charge in [0.2, 0.25) is 5.91 Å². The minimum absolute atomic E-state index is 0.00690. The van der Waals surface area contributed by atoms with Gasteiger partial charge in [-0.25, -0.2) is 8.42 Å². The first kappa shape index (κ1) is 23.9. The van der Waals surface area contributed by atoms with Crippen molar-refractivity contribution in [3.63, 3.8) is 0 Å². The molecule has 1 N–H and O–H groups in total. The van der Waals surface area contributed by atoms with Crippen molar-refractivity contribution in [2.45, 2.75) is 17.9 Å². The van der Waals surface area contributed by atoms with Crippen molar-refractivity contribution in [1.82, 2.24) is 5.32 Å². The number of carbonyl (C=O) groups excluding carboxylic acids is 1. The van der Waals surface area contributed by atoms with Gasteiger partial charge in [-0.2, -0.15) is 0 Å². The molecule has 9 heteroatoms. The van der Waals surface area contributed by atoms with E-state index in [1.54, 1.807) is 38.3 Å². The molecule has 0 fully saturated rings. The number of hydrogen-bond acceptors (Lipinski definition) is 4. The molecule has 0 unspecified atom stereocenters. The van der Waals surface area contributed by atoms with Crippen molar-refractivity contribution < 1.29 is 17.9 Å². The number of methoxy groups -OCH3 is 1. The van der Waals surface area contributed by atoms with E-state index in [0.29, 0.717) is 15.8 Å². The molecule has 32 heavy (non-hydrogen) atoms. The Labute approximate surface area is 197 Å². The lowest BCUT2D eigenvalue weighted by molar-refractivity contribution is -0.120. The Morgan fingerprint density at radius 1 is 1.00 bits per heavy atom. The van der Waals surface area contributed by atoms with Crippen LogP contribution in [-0.2, 0) is 14.8 Å². The van der Waals surface area contributed by atoms with E-state index in [1.165, 1.54) is 30.3 Å². The Bertz CT molecular complexity index is 1200. The summed E-state index contributed by atoms with van der Waals surface area (Å²) in [4.78, 5) is 12.9. The largest absolute Gasteiger partial charge is 0.496 e. The van der Waals surface area contributed by atoms with Crippen molar-refractivity contribution in [3.05, 3.63) is 88.4 Å². The molecule has 0 radical (unpaired) electrons. The molecule has 0 saturated heterocycles. The number of nitrogens with zero attached hydrogens (tertiary/aromatic N) is 1. The standard InChI is InChI=1S/C23H22Cl2N2O4S/c1-16(21-8-3-4-9-22(21)31-2)26-23(28)15-27(19-7-5-6-18(25)14-19)32(29,30)20-12-10-17(24)11-13-20/h3-14,16H,15H2,1-2H3,(H,26,28)/t16-/m1/s1. The van der Waals surface area contributed by atoms with Crippen molar-refractivity contribution in [2.75, 3.05) is 18.0 Å². The Morgan fingerprint density at radius 2 is 1.69 bits per heavy atom. The maximum atomic E-state index is 13.4. The van der Waals surface area contributed by atoms with Crippen LogP contribution in [-0.4, -0.2) is 28.0 Å². The van der Waals surface area contributed by atoms with Crippen molar-refractivity contribution in [1.29, 1.82) is 0 Å². The summed E-state index contributed by atoms with van der Waals surface area (Å²) in [5.74, 6) is 0.140. The number of halogens is 2. The van der Waals surface area contributed by atoms with Gasteiger partial charge in [0, 0.05) is 15.6 Å². The molecule has 0 aliphatic rings. The summed E-state index contributed by atoms with van der Waals surface area (Å²) in [5, 5.41) is 3.59. The van der Waals surface area contributed by atoms with Gasteiger partial charge in [0.05, 0.1) is 23.7 Å². The average molecular weight is 493 g/mol. The van der Waals surface area contributed by atoms with Gasteiger partial charge >= 0.3 is 0 Å². The molecule has 0 aliphatic carbocycles. The van der Waals surface area contributed by atoms with Gasteiger partial charge in [0.1, 0.15) is 12.3 Å². The third-order valence-corrected chi connectivity index (χ3v) is 7.04. The third-order valence-electron chi connectivity index (χ3n) is 4.77. The van der Waals surface area contributed by atoms with Crippen LogP contribution in [0.15, 0.2) is 77.7 Å². The fraction of sp³-hybridized carbons (Fsp3) is 0.174. The van der Waals surface area contributed by atoms with E-state index in [9.17, 15) is 13.2 Å². The highest BCUT2D eigenvalue weighted by molar-refractivity contribution is 7.92. The van der Waals surface area contributed by atoms with Gasteiger partial charge in [-0.1, -0.05) is 47.5 Å². The van der Waals surface area contributed by atoms with E-state index < -0.39 is 28.5 Å². The summed E-state index contributed by atoms with van der Waals surface area (Å²) >= 11 is 12.0. The molecule has 0 aromatic heterocycles. The number of anilines is 1. The van der Waals surface area contributed by atoms with Gasteiger partial charge in [-0.15, -0.1) is 0 Å². The van der Waals surface area contributed by atoms with Crippen molar-refractivity contribution >= 4 is 44.8 Å². The molecule has 0 saturated carbocycles. The number of ether oxygens (including phenoxy) is 1. The lowest BCUT2D eigenvalue weighted by Crippen LogP contribution is -2.41. The Morgan fingerprint density at radius 3 is 2.34 bits per heavy atom. The van der Waals surface area contributed by atoms with Crippen LogP contribution in [0.1, 0.15) is 18.5 Å². The maximum Gasteiger partial charge on any atom is 0.264 e. The summed E-state index contributed by atoms with van der Waals surface area (Å²) in [6.07, 6.45) is 0. The lowest BCUT2D eigenvalue weighted by Gasteiger charge is -2.25. The topological polar surface area (TPSA) is 75.7 Å². The molecule has 0 heterocycles. The zero-order valence-electron chi connectivity index (χ0n) is 17.5. The summed E-state index contributed by atoms with van der Waals surface area (Å²) in [6.45, 7) is 1.36.